The van der Waals surface area contributed by atoms with Gasteiger partial charge < -0.3 is 5.11 Å². The number of pyridine rings is 1. The van der Waals surface area contributed by atoms with Crippen molar-refractivity contribution in [2.45, 2.75) is 46.1 Å². The Morgan fingerprint density at radius 2 is 2.00 bits per heavy atom. The zero-order valence-corrected chi connectivity index (χ0v) is 9.90. The van der Waals surface area contributed by atoms with Crippen LogP contribution in [0.1, 0.15) is 50.6 Å². The summed E-state index contributed by atoms with van der Waals surface area (Å²) in [6.45, 7) is 6.36. The molecule has 0 fully saturated rings. The van der Waals surface area contributed by atoms with Crippen LogP contribution in [0.25, 0.3) is 0 Å². The number of rotatable bonds is 5. The van der Waals surface area contributed by atoms with Gasteiger partial charge in [0.05, 0.1) is 11.8 Å². The summed E-state index contributed by atoms with van der Waals surface area (Å²) in [6.07, 6.45) is 2.65. The van der Waals surface area contributed by atoms with E-state index in [9.17, 15) is 5.11 Å². The Morgan fingerprint density at radius 3 is 2.60 bits per heavy atom. The molecule has 1 N–H and O–H groups in total. The van der Waals surface area contributed by atoms with Gasteiger partial charge in [-0.05, 0) is 31.4 Å². The SMILES string of the molecule is Cc1cccc(C(O)CCCC(C)C)n1. The molecule has 1 aromatic rings. The van der Waals surface area contributed by atoms with Crippen molar-refractivity contribution in [1.82, 2.24) is 4.98 Å². The highest BCUT2D eigenvalue weighted by Gasteiger charge is 2.08. The van der Waals surface area contributed by atoms with Crippen LogP contribution < -0.4 is 0 Å². The quantitative estimate of drug-likeness (QED) is 0.804. The number of aromatic nitrogens is 1. The van der Waals surface area contributed by atoms with Crippen LogP contribution in [0.5, 0.6) is 0 Å². The molecule has 1 aromatic heterocycles. The van der Waals surface area contributed by atoms with Crippen LogP contribution in [0.15, 0.2) is 18.2 Å². The average molecular weight is 207 g/mol. The van der Waals surface area contributed by atoms with E-state index in [-0.39, 0.29) is 0 Å². The van der Waals surface area contributed by atoms with Crippen LogP contribution >= 0.6 is 0 Å². The zero-order chi connectivity index (χ0) is 11.3. The molecular formula is C13H21NO. The maximum absolute atomic E-state index is 9.90. The van der Waals surface area contributed by atoms with Crippen molar-refractivity contribution >= 4 is 0 Å². The van der Waals surface area contributed by atoms with Gasteiger partial charge >= 0.3 is 0 Å². The number of aliphatic hydroxyl groups excluding tert-OH is 1. The maximum Gasteiger partial charge on any atom is 0.0959 e. The van der Waals surface area contributed by atoms with E-state index in [0.29, 0.717) is 5.92 Å². The van der Waals surface area contributed by atoms with Gasteiger partial charge in [-0.3, -0.25) is 4.98 Å². The van der Waals surface area contributed by atoms with E-state index in [4.69, 9.17) is 0 Å². The lowest BCUT2D eigenvalue weighted by Gasteiger charge is -2.11. The first-order valence-electron chi connectivity index (χ1n) is 5.71. The van der Waals surface area contributed by atoms with Crippen molar-refractivity contribution in [2.24, 2.45) is 5.92 Å². The number of hydrogen-bond donors (Lipinski definition) is 1. The molecule has 0 saturated heterocycles. The van der Waals surface area contributed by atoms with Crippen LogP contribution in [0, 0.1) is 12.8 Å². The zero-order valence-electron chi connectivity index (χ0n) is 9.90. The smallest absolute Gasteiger partial charge is 0.0959 e. The van der Waals surface area contributed by atoms with Gasteiger partial charge in [0.1, 0.15) is 0 Å². The molecule has 0 radical (unpaired) electrons. The van der Waals surface area contributed by atoms with E-state index in [0.717, 1.165) is 24.2 Å². The molecule has 0 bridgehead atoms. The van der Waals surface area contributed by atoms with Crippen LogP contribution in [-0.4, -0.2) is 10.1 Å². The lowest BCUT2D eigenvalue weighted by molar-refractivity contribution is 0.157. The predicted octanol–water partition coefficient (Wildman–Crippen LogP) is 3.25. The summed E-state index contributed by atoms with van der Waals surface area (Å²) in [5.41, 5.74) is 1.77. The van der Waals surface area contributed by atoms with E-state index in [1.54, 1.807) is 0 Å². The predicted molar refractivity (Wildman–Crippen MR) is 62.6 cm³/mol. The highest BCUT2D eigenvalue weighted by atomic mass is 16.3. The van der Waals surface area contributed by atoms with E-state index in [1.807, 2.05) is 25.1 Å². The van der Waals surface area contributed by atoms with E-state index >= 15 is 0 Å². The molecule has 2 nitrogen and oxygen atoms in total. The van der Waals surface area contributed by atoms with Crippen molar-refractivity contribution in [2.75, 3.05) is 0 Å². The highest BCUT2D eigenvalue weighted by Crippen LogP contribution is 2.19. The van der Waals surface area contributed by atoms with Crippen molar-refractivity contribution in [1.29, 1.82) is 0 Å². The molecule has 1 atom stereocenters. The van der Waals surface area contributed by atoms with Crippen molar-refractivity contribution in [3.8, 4) is 0 Å². The molecule has 1 rings (SSSR count). The highest BCUT2D eigenvalue weighted by molar-refractivity contribution is 5.11. The Bertz CT molecular complexity index is 296. The summed E-state index contributed by atoms with van der Waals surface area (Å²) in [5.74, 6) is 0.711. The van der Waals surface area contributed by atoms with Crippen molar-refractivity contribution in [3.05, 3.63) is 29.6 Å². The third kappa shape index (κ3) is 4.43. The van der Waals surface area contributed by atoms with Crippen LogP contribution in [0.4, 0.5) is 0 Å². The summed E-state index contributed by atoms with van der Waals surface area (Å²) >= 11 is 0. The summed E-state index contributed by atoms with van der Waals surface area (Å²) < 4.78 is 0. The molecule has 0 aromatic carbocycles. The van der Waals surface area contributed by atoms with Gasteiger partial charge in [-0.2, -0.15) is 0 Å². The third-order valence-corrected chi connectivity index (χ3v) is 2.51. The van der Waals surface area contributed by atoms with Gasteiger partial charge in [0.2, 0.25) is 0 Å². The standard InChI is InChI=1S/C13H21NO/c1-10(2)6-4-9-13(15)12-8-5-7-11(3)14-12/h5,7-8,10,13,15H,4,6,9H2,1-3H3. The molecule has 2 heteroatoms. The Morgan fingerprint density at radius 1 is 1.27 bits per heavy atom. The first-order valence-corrected chi connectivity index (χ1v) is 5.71. The summed E-state index contributed by atoms with van der Waals surface area (Å²) in [6, 6.07) is 5.79. The summed E-state index contributed by atoms with van der Waals surface area (Å²) in [7, 11) is 0. The number of nitrogens with zero attached hydrogens (tertiary/aromatic N) is 1. The van der Waals surface area contributed by atoms with Crippen molar-refractivity contribution < 1.29 is 5.11 Å². The van der Waals surface area contributed by atoms with E-state index in [1.165, 1.54) is 6.42 Å². The third-order valence-electron chi connectivity index (χ3n) is 2.51. The van der Waals surface area contributed by atoms with Crippen LogP contribution in [0.3, 0.4) is 0 Å². The number of aliphatic hydroxyl groups is 1. The Labute approximate surface area is 92.4 Å². The van der Waals surface area contributed by atoms with Crippen LogP contribution in [-0.2, 0) is 0 Å². The fourth-order valence-electron chi connectivity index (χ4n) is 1.62. The molecule has 0 saturated carbocycles. The molecule has 0 aliphatic heterocycles. The number of aryl methyl sites for hydroxylation is 1. The second kappa shape index (κ2) is 5.86. The molecule has 1 heterocycles. The fourth-order valence-corrected chi connectivity index (χ4v) is 1.62. The molecule has 0 amide bonds. The minimum atomic E-state index is -0.399. The van der Waals surface area contributed by atoms with Gasteiger partial charge in [0.15, 0.2) is 0 Å². The molecule has 84 valence electrons. The monoisotopic (exact) mass is 207 g/mol. The van der Waals surface area contributed by atoms with E-state index < -0.39 is 6.10 Å². The molecular weight excluding hydrogens is 186 g/mol. The minimum Gasteiger partial charge on any atom is -0.387 e. The normalized spacial score (nSPS) is 13.1. The van der Waals surface area contributed by atoms with Crippen LogP contribution in [0.2, 0.25) is 0 Å². The largest absolute Gasteiger partial charge is 0.387 e. The first-order chi connectivity index (χ1) is 7.09. The fraction of sp³-hybridized carbons (Fsp3) is 0.615. The molecule has 0 aliphatic carbocycles. The second-order valence-corrected chi connectivity index (χ2v) is 4.54. The van der Waals surface area contributed by atoms with Gasteiger partial charge in [-0.15, -0.1) is 0 Å². The first kappa shape index (κ1) is 12.2. The topological polar surface area (TPSA) is 33.1 Å². The average Bonchev–Trinajstić information content (AvgIpc) is 2.17. The Kier molecular flexibility index (Phi) is 4.76. The lowest BCUT2D eigenvalue weighted by Crippen LogP contribution is -2.02. The molecule has 1 unspecified atom stereocenters. The van der Waals surface area contributed by atoms with Gasteiger partial charge in [-0.25, -0.2) is 0 Å². The lowest BCUT2D eigenvalue weighted by atomic mass is 10.0. The number of hydrogen-bond acceptors (Lipinski definition) is 2. The Balaban J connectivity index is 2.43. The van der Waals surface area contributed by atoms with Crippen molar-refractivity contribution in [3.63, 3.8) is 0 Å². The second-order valence-electron chi connectivity index (χ2n) is 4.54. The van der Waals surface area contributed by atoms with Gasteiger partial charge in [-0.1, -0.05) is 32.8 Å². The summed E-state index contributed by atoms with van der Waals surface area (Å²) in [4.78, 5) is 4.32. The van der Waals surface area contributed by atoms with Gasteiger partial charge in [0, 0.05) is 5.69 Å². The maximum atomic E-state index is 9.90. The van der Waals surface area contributed by atoms with E-state index in [2.05, 4.69) is 18.8 Å². The molecule has 15 heavy (non-hydrogen) atoms. The molecule has 0 aliphatic rings. The van der Waals surface area contributed by atoms with Gasteiger partial charge in [0.25, 0.3) is 0 Å². The molecule has 0 spiro atoms. The Hall–Kier alpha value is -0.890. The minimum absolute atomic E-state index is 0.399. The summed E-state index contributed by atoms with van der Waals surface area (Å²) in [5, 5.41) is 9.90.